The van der Waals surface area contributed by atoms with Crippen LogP contribution in [0.5, 0.6) is 5.75 Å². The number of aliphatic hydroxyl groups excluding tert-OH is 1. The summed E-state index contributed by atoms with van der Waals surface area (Å²) in [6, 6.07) is 6.68. The molecule has 0 bridgehead atoms. The van der Waals surface area contributed by atoms with Gasteiger partial charge in [-0.15, -0.1) is 0 Å². The van der Waals surface area contributed by atoms with E-state index in [-0.39, 0.29) is 41.5 Å². The van der Waals surface area contributed by atoms with E-state index in [0.717, 1.165) is 6.07 Å². The van der Waals surface area contributed by atoms with E-state index >= 15 is 0 Å². The van der Waals surface area contributed by atoms with Gasteiger partial charge in [0.1, 0.15) is 12.4 Å². The van der Waals surface area contributed by atoms with Gasteiger partial charge in [-0.2, -0.15) is 13.2 Å². The van der Waals surface area contributed by atoms with Crippen molar-refractivity contribution in [1.82, 2.24) is 4.90 Å². The first-order valence-corrected chi connectivity index (χ1v) is 14.3. The summed E-state index contributed by atoms with van der Waals surface area (Å²) in [6.07, 6.45) is -4.77. The highest BCUT2D eigenvalue weighted by atomic mass is 19.4. The first kappa shape index (κ1) is 30.3. The number of rotatable bonds is 9. The van der Waals surface area contributed by atoms with Gasteiger partial charge in [0.25, 0.3) is 6.43 Å². The van der Waals surface area contributed by atoms with Crippen LogP contribution in [0, 0.1) is 0 Å². The number of piperidine rings is 1. The maximum Gasteiger partial charge on any atom is 0.418 e. The van der Waals surface area contributed by atoms with Crippen molar-refractivity contribution in [3.63, 3.8) is 0 Å². The van der Waals surface area contributed by atoms with E-state index in [1.54, 1.807) is 6.07 Å². The standard InChI is InChI=1S/C31H36F5N3O3/c1-4-39(20-14-21(40)15-20)27-23(18(2)3)16-22(17-25(27)31(34,35)36)42-12-11-38-9-7-30(8-10-38)24-13-19(28(32)33)5-6-26(24)37-29(30)41/h4-6,13,16-18,20-21,28,40H,1,7-12,14-15H2,2-3H3,(H,37,41). The van der Waals surface area contributed by atoms with E-state index in [0.29, 0.717) is 62.1 Å². The molecule has 5 rings (SSSR count). The molecule has 2 heterocycles. The zero-order valence-electron chi connectivity index (χ0n) is 23.7. The third-order valence-electron chi connectivity index (χ3n) is 8.86. The second-order valence-corrected chi connectivity index (χ2v) is 11.8. The molecule has 0 unspecified atom stereocenters. The Labute approximate surface area is 242 Å². The molecule has 2 aliphatic heterocycles. The Morgan fingerprint density at radius 2 is 1.88 bits per heavy atom. The van der Waals surface area contributed by atoms with Crippen molar-refractivity contribution in [2.24, 2.45) is 0 Å². The van der Waals surface area contributed by atoms with Gasteiger partial charge >= 0.3 is 6.18 Å². The van der Waals surface area contributed by atoms with Crippen molar-refractivity contribution in [3.05, 3.63) is 65.4 Å². The lowest BCUT2D eigenvalue weighted by atomic mass is 9.73. The predicted octanol–water partition coefficient (Wildman–Crippen LogP) is 6.60. The van der Waals surface area contributed by atoms with Gasteiger partial charge in [0.05, 0.1) is 22.8 Å². The number of likely N-dealkylation sites (tertiary alicyclic amines) is 1. The molecule has 2 N–H and O–H groups in total. The smallest absolute Gasteiger partial charge is 0.418 e. The molecule has 1 saturated heterocycles. The van der Waals surface area contributed by atoms with Crippen LogP contribution < -0.4 is 15.0 Å². The van der Waals surface area contributed by atoms with Crippen molar-refractivity contribution in [2.75, 3.05) is 36.5 Å². The number of alkyl halides is 5. The summed E-state index contributed by atoms with van der Waals surface area (Å²) >= 11 is 0. The number of halogens is 5. The minimum absolute atomic E-state index is 0.0446. The first-order chi connectivity index (χ1) is 19.8. The third kappa shape index (κ3) is 5.60. The van der Waals surface area contributed by atoms with E-state index in [4.69, 9.17) is 4.74 Å². The third-order valence-corrected chi connectivity index (χ3v) is 8.86. The molecule has 6 nitrogen and oxygen atoms in total. The number of ether oxygens (including phenoxy) is 1. The Morgan fingerprint density at radius 1 is 1.19 bits per heavy atom. The van der Waals surface area contributed by atoms with Crippen LogP contribution in [0.1, 0.15) is 74.1 Å². The molecule has 2 fully saturated rings. The van der Waals surface area contributed by atoms with Gasteiger partial charge in [-0.05, 0) is 86.3 Å². The molecular weight excluding hydrogens is 557 g/mol. The lowest BCUT2D eigenvalue weighted by Gasteiger charge is -2.42. The number of amides is 1. The summed E-state index contributed by atoms with van der Waals surface area (Å²) < 4.78 is 75.6. The minimum atomic E-state index is -4.63. The molecule has 0 radical (unpaired) electrons. The van der Waals surface area contributed by atoms with Gasteiger partial charge in [0, 0.05) is 23.8 Å². The van der Waals surface area contributed by atoms with Gasteiger partial charge in [-0.3, -0.25) is 9.69 Å². The highest BCUT2D eigenvalue weighted by molar-refractivity contribution is 6.06. The second-order valence-electron chi connectivity index (χ2n) is 11.8. The number of hydrogen-bond acceptors (Lipinski definition) is 5. The van der Waals surface area contributed by atoms with Crippen molar-refractivity contribution in [3.8, 4) is 5.75 Å². The first-order valence-electron chi connectivity index (χ1n) is 14.3. The monoisotopic (exact) mass is 593 g/mol. The van der Waals surface area contributed by atoms with Crippen LogP contribution in [0.4, 0.5) is 33.3 Å². The topological polar surface area (TPSA) is 65.0 Å². The lowest BCUT2D eigenvalue weighted by Crippen LogP contribution is -2.47. The molecule has 11 heteroatoms. The molecular formula is C31H36F5N3O3. The van der Waals surface area contributed by atoms with Crippen LogP contribution in [0.3, 0.4) is 0 Å². The maximum atomic E-state index is 14.3. The summed E-state index contributed by atoms with van der Waals surface area (Å²) in [5.74, 6) is -0.309. The fourth-order valence-corrected chi connectivity index (χ4v) is 6.38. The molecule has 2 aromatic carbocycles. The van der Waals surface area contributed by atoms with Crippen molar-refractivity contribution >= 4 is 17.3 Å². The number of benzene rings is 2. The average molecular weight is 594 g/mol. The summed E-state index contributed by atoms with van der Waals surface area (Å²) in [5.41, 5.74) is -0.0969. The van der Waals surface area contributed by atoms with Gasteiger partial charge in [0.2, 0.25) is 5.91 Å². The summed E-state index contributed by atoms with van der Waals surface area (Å²) in [4.78, 5) is 16.5. The van der Waals surface area contributed by atoms with Crippen LogP contribution in [-0.2, 0) is 16.4 Å². The quantitative estimate of drug-likeness (QED) is 0.321. The number of carbonyl (C=O) groups is 1. The largest absolute Gasteiger partial charge is 0.492 e. The Kier molecular flexibility index (Phi) is 8.28. The number of hydrogen-bond donors (Lipinski definition) is 2. The Bertz CT molecular complexity index is 1330. The van der Waals surface area contributed by atoms with E-state index in [2.05, 4.69) is 16.8 Å². The maximum absolute atomic E-state index is 14.3. The van der Waals surface area contributed by atoms with E-state index in [9.17, 15) is 31.9 Å². The number of nitrogens with one attached hydrogen (secondary N) is 1. The van der Waals surface area contributed by atoms with E-state index in [1.807, 2.05) is 13.8 Å². The van der Waals surface area contributed by atoms with Crippen molar-refractivity contribution < 1.29 is 36.6 Å². The molecule has 1 aliphatic carbocycles. The highest BCUT2D eigenvalue weighted by Crippen LogP contribution is 2.47. The van der Waals surface area contributed by atoms with E-state index < -0.39 is 29.7 Å². The van der Waals surface area contributed by atoms with Crippen LogP contribution in [-0.4, -0.2) is 54.3 Å². The Balaban J connectivity index is 1.28. The fourth-order valence-electron chi connectivity index (χ4n) is 6.38. The lowest BCUT2D eigenvalue weighted by molar-refractivity contribution is -0.137. The second kappa shape index (κ2) is 11.5. The number of aliphatic hydroxyl groups is 1. The van der Waals surface area contributed by atoms with Crippen molar-refractivity contribution in [2.45, 2.75) is 75.6 Å². The molecule has 228 valence electrons. The molecule has 1 spiro atoms. The zero-order valence-corrected chi connectivity index (χ0v) is 23.7. The number of fused-ring (bicyclic) bond motifs is 2. The van der Waals surface area contributed by atoms with Gasteiger partial charge in [0.15, 0.2) is 0 Å². The fraction of sp³-hybridized carbons (Fsp3) is 0.516. The van der Waals surface area contributed by atoms with Crippen LogP contribution >= 0.6 is 0 Å². The molecule has 1 saturated carbocycles. The van der Waals surface area contributed by atoms with Gasteiger partial charge in [-0.1, -0.05) is 26.5 Å². The normalized spacial score (nSPS) is 21.8. The molecule has 0 atom stereocenters. The summed E-state index contributed by atoms with van der Waals surface area (Å²) in [6.45, 7) is 9.00. The molecule has 1 amide bonds. The summed E-state index contributed by atoms with van der Waals surface area (Å²) in [5, 5.41) is 12.6. The Morgan fingerprint density at radius 3 is 2.45 bits per heavy atom. The number of nitrogens with zero attached hydrogens (tertiary/aromatic N) is 2. The minimum Gasteiger partial charge on any atom is -0.492 e. The average Bonchev–Trinajstić information content (AvgIpc) is 3.18. The van der Waals surface area contributed by atoms with Gasteiger partial charge < -0.3 is 20.1 Å². The van der Waals surface area contributed by atoms with Crippen LogP contribution in [0.15, 0.2) is 43.1 Å². The van der Waals surface area contributed by atoms with Gasteiger partial charge in [-0.25, -0.2) is 8.78 Å². The van der Waals surface area contributed by atoms with E-state index in [1.165, 1.54) is 29.3 Å². The van der Waals surface area contributed by atoms with Crippen molar-refractivity contribution in [1.29, 1.82) is 0 Å². The zero-order chi connectivity index (χ0) is 30.4. The highest BCUT2D eigenvalue weighted by Gasteiger charge is 2.48. The SMILES string of the molecule is C=CN(c1c(C(C)C)cc(OCCN2CCC3(CC2)C(=O)Nc2ccc(C(F)F)cc23)cc1C(F)(F)F)C1CC(O)C1. The molecule has 3 aliphatic rings. The number of anilines is 2. The predicted molar refractivity (Wildman–Crippen MR) is 150 cm³/mol. The molecule has 2 aromatic rings. The number of carbonyl (C=O) groups excluding carboxylic acids is 1. The molecule has 42 heavy (non-hydrogen) atoms. The molecule has 0 aromatic heterocycles. The summed E-state index contributed by atoms with van der Waals surface area (Å²) in [7, 11) is 0. The van der Waals surface area contributed by atoms with Crippen LogP contribution in [0.2, 0.25) is 0 Å². The van der Waals surface area contributed by atoms with Crippen LogP contribution in [0.25, 0.3) is 0 Å². The Hall–Kier alpha value is -3.18.